The average Bonchev–Trinajstić information content (AvgIpc) is 2.48. The molecule has 0 radical (unpaired) electrons. The Bertz CT molecular complexity index is 781. The van der Waals surface area contributed by atoms with E-state index in [9.17, 15) is 9.59 Å². The van der Waals surface area contributed by atoms with Gasteiger partial charge < -0.3 is 16.8 Å². The summed E-state index contributed by atoms with van der Waals surface area (Å²) in [5, 5.41) is 2.93. The number of hydrogen-bond acceptors (Lipinski definition) is 5. The van der Waals surface area contributed by atoms with Crippen molar-refractivity contribution in [1.82, 2.24) is 0 Å². The van der Waals surface area contributed by atoms with Gasteiger partial charge in [0.2, 0.25) is 0 Å². The molecule has 0 bridgehead atoms. The highest BCUT2D eigenvalue weighted by Gasteiger charge is 2.33. The quantitative estimate of drug-likeness (QED) is 0.490. The molecular weight excluding hydrogens is 266 g/mol. The second-order valence-electron chi connectivity index (χ2n) is 4.99. The maximum Gasteiger partial charge on any atom is 0.196 e. The van der Waals surface area contributed by atoms with E-state index in [2.05, 4.69) is 5.32 Å². The lowest BCUT2D eigenvalue weighted by Gasteiger charge is -2.23. The minimum Gasteiger partial charge on any atom is -0.398 e. The summed E-state index contributed by atoms with van der Waals surface area (Å²) in [6.07, 6.45) is 0. The van der Waals surface area contributed by atoms with Gasteiger partial charge in [-0.05, 0) is 18.6 Å². The number of hydrogen-bond donors (Lipinski definition) is 3. The Morgan fingerprint density at radius 2 is 1.62 bits per heavy atom. The second-order valence-corrected chi connectivity index (χ2v) is 4.99. The monoisotopic (exact) mass is 281 g/mol. The first-order valence-electron chi connectivity index (χ1n) is 6.61. The summed E-state index contributed by atoms with van der Waals surface area (Å²) in [5.74, 6) is -0.427. The van der Waals surface area contributed by atoms with Gasteiger partial charge in [0.25, 0.3) is 0 Å². The lowest BCUT2D eigenvalue weighted by molar-refractivity contribution is 0.0980. The number of rotatable bonds is 2. The minimum atomic E-state index is -0.221. The summed E-state index contributed by atoms with van der Waals surface area (Å²) in [4.78, 5) is 25.4. The third-order valence-electron chi connectivity index (χ3n) is 3.74. The number of nitrogen functional groups attached to an aromatic ring is 1. The predicted molar refractivity (Wildman–Crippen MR) is 81.6 cm³/mol. The zero-order chi connectivity index (χ0) is 15.1. The molecule has 21 heavy (non-hydrogen) atoms. The van der Waals surface area contributed by atoms with Gasteiger partial charge in [-0.1, -0.05) is 24.3 Å². The Morgan fingerprint density at radius 1 is 1.05 bits per heavy atom. The molecule has 0 unspecified atom stereocenters. The number of carbonyl (C=O) groups is 2. The zero-order valence-corrected chi connectivity index (χ0v) is 11.6. The summed E-state index contributed by atoms with van der Waals surface area (Å²) >= 11 is 0. The molecule has 3 rings (SSSR count). The van der Waals surface area contributed by atoms with Crippen LogP contribution in [-0.4, -0.2) is 18.2 Å². The van der Waals surface area contributed by atoms with Crippen LogP contribution in [0.5, 0.6) is 0 Å². The first-order valence-corrected chi connectivity index (χ1v) is 6.61. The molecule has 0 amide bonds. The molecular formula is C16H15N3O2. The fourth-order valence-corrected chi connectivity index (χ4v) is 2.70. The van der Waals surface area contributed by atoms with Crippen LogP contribution in [0.3, 0.4) is 0 Å². The molecule has 0 saturated carbocycles. The highest BCUT2D eigenvalue weighted by Crippen LogP contribution is 2.36. The maximum absolute atomic E-state index is 12.7. The Kier molecular flexibility index (Phi) is 2.99. The van der Waals surface area contributed by atoms with Crippen LogP contribution in [-0.2, 0) is 0 Å². The van der Waals surface area contributed by atoms with Crippen LogP contribution in [0.2, 0.25) is 0 Å². The molecule has 1 aliphatic rings. The van der Waals surface area contributed by atoms with Gasteiger partial charge in [0.05, 0.1) is 17.8 Å². The van der Waals surface area contributed by atoms with Crippen molar-refractivity contribution < 1.29 is 9.59 Å². The van der Waals surface area contributed by atoms with Crippen molar-refractivity contribution >= 4 is 22.9 Å². The number of nitrogens with one attached hydrogen (secondary N) is 1. The number of carbonyl (C=O) groups excluding carboxylic acids is 2. The second kappa shape index (κ2) is 4.71. The van der Waals surface area contributed by atoms with Crippen LogP contribution in [0.25, 0.3) is 0 Å². The SMILES string of the molecule is Cc1cc(NCN)c2c(c1N)C(=O)c1ccccc1C2=O. The van der Waals surface area contributed by atoms with Crippen molar-refractivity contribution in [2.45, 2.75) is 6.92 Å². The van der Waals surface area contributed by atoms with Gasteiger partial charge in [-0.15, -0.1) is 0 Å². The lowest BCUT2D eigenvalue weighted by atomic mass is 9.81. The normalized spacial score (nSPS) is 12.9. The Labute approximate surface area is 121 Å². The van der Waals surface area contributed by atoms with Gasteiger partial charge in [-0.25, -0.2) is 0 Å². The Hall–Kier alpha value is -2.66. The highest BCUT2D eigenvalue weighted by molar-refractivity contribution is 6.32. The van der Waals surface area contributed by atoms with E-state index in [1.54, 1.807) is 37.3 Å². The molecule has 0 saturated heterocycles. The number of benzene rings is 2. The van der Waals surface area contributed by atoms with Crippen LogP contribution < -0.4 is 16.8 Å². The minimum absolute atomic E-state index is 0.166. The first-order chi connectivity index (χ1) is 10.1. The molecule has 1 aliphatic carbocycles. The molecule has 106 valence electrons. The molecule has 0 fully saturated rings. The standard InChI is InChI=1S/C16H15N3O2/c1-8-6-11(19-7-17)12-13(14(8)18)16(21)10-5-3-2-4-9(10)15(12)20/h2-6,19H,7,17-18H2,1H3. The van der Waals surface area contributed by atoms with Crippen molar-refractivity contribution in [3.05, 3.63) is 58.1 Å². The molecule has 0 aliphatic heterocycles. The first kappa shape index (κ1) is 13.3. The smallest absolute Gasteiger partial charge is 0.196 e. The summed E-state index contributed by atoms with van der Waals surface area (Å²) in [5.41, 5.74) is 14.6. The molecule has 0 heterocycles. The number of aryl methyl sites for hydroxylation is 1. The van der Waals surface area contributed by atoms with E-state index < -0.39 is 0 Å². The predicted octanol–water partition coefficient (Wildman–Crippen LogP) is 1.68. The number of anilines is 2. The van der Waals surface area contributed by atoms with Gasteiger partial charge in [0.15, 0.2) is 11.6 Å². The van der Waals surface area contributed by atoms with Crippen LogP contribution in [0.1, 0.15) is 37.4 Å². The highest BCUT2D eigenvalue weighted by atomic mass is 16.1. The van der Waals surface area contributed by atoms with Gasteiger partial charge in [0, 0.05) is 22.5 Å². The fraction of sp³-hybridized carbons (Fsp3) is 0.125. The van der Waals surface area contributed by atoms with E-state index in [0.29, 0.717) is 28.1 Å². The summed E-state index contributed by atoms with van der Waals surface area (Å²) in [6.45, 7) is 1.97. The zero-order valence-electron chi connectivity index (χ0n) is 11.6. The molecule has 0 spiro atoms. The van der Waals surface area contributed by atoms with Crippen molar-refractivity contribution in [1.29, 1.82) is 0 Å². The summed E-state index contributed by atoms with van der Waals surface area (Å²) in [7, 11) is 0. The summed E-state index contributed by atoms with van der Waals surface area (Å²) < 4.78 is 0. The molecule has 0 aromatic heterocycles. The molecule has 0 atom stereocenters. The fourth-order valence-electron chi connectivity index (χ4n) is 2.70. The van der Waals surface area contributed by atoms with Crippen molar-refractivity contribution in [2.75, 3.05) is 17.7 Å². The van der Waals surface area contributed by atoms with Crippen molar-refractivity contribution in [2.24, 2.45) is 5.73 Å². The van der Waals surface area contributed by atoms with Crippen LogP contribution in [0, 0.1) is 6.92 Å². The van der Waals surface area contributed by atoms with Gasteiger partial charge in [-0.3, -0.25) is 9.59 Å². The number of fused-ring (bicyclic) bond motifs is 2. The van der Waals surface area contributed by atoms with Crippen LogP contribution in [0.15, 0.2) is 30.3 Å². The topological polar surface area (TPSA) is 98.2 Å². The van der Waals surface area contributed by atoms with E-state index in [-0.39, 0.29) is 23.8 Å². The van der Waals surface area contributed by atoms with Crippen LogP contribution >= 0.6 is 0 Å². The Balaban J connectivity index is 2.36. The Morgan fingerprint density at radius 3 is 2.19 bits per heavy atom. The number of ketones is 2. The van der Waals surface area contributed by atoms with Crippen molar-refractivity contribution in [3.63, 3.8) is 0 Å². The molecule has 2 aromatic rings. The van der Waals surface area contributed by atoms with Gasteiger partial charge in [-0.2, -0.15) is 0 Å². The average molecular weight is 281 g/mol. The summed E-state index contributed by atoms with van der Waals surface area (Å²) in [6, 6.07) is 8.53. The van der Waals surface area contributed by atoms with E-state index >= 15 is 0 Å². The van der Waals surface area contributed by atoms with Crippen LogP contribution in [0.4, 0.5) is 11.4 Å². The van der Waals surface area contributed by atoms with Gasteiger partial charge in [0.1, 0.15) is 0 Å². The molecule has 2 aromatic carbocycles. The van der Waals surface area contributed by atoms with E-state index in [1.807, 2.05) is 0 Å². The maximum atomic E-state index is 12.7. The van der Waals surface area contributed by atoms with E-state index in [1.165, 1.54) is 0 Å². The van der Waals surface area contributed by atoms with Gasteiger partial charge >= 0.3 is 0 Å². The molecule has 5 N–H and O–H groups in total. The molecule has 5 heteroatoms. The van der Waals surface area contributed by atoms with E-state index in [4.69, 9.17) is 11.5 Å². The third kappa shape index (κ3) is 1.82. The number of nitrogens with two attached hydrogens (primary N) is 2. The lowest BCUT2D eigenvalue weighted by Crippen LogP contribution is -2.25. The van der Waals surface area contributed by atoms with Crippen molar-refractivity contribution in [3.8, 4) is 0 Å². The molecule has 5 nitrogen and oxygen atoms in total. The van der Waals surface area contributed by atoms with E-state index in [0.717, 1.165) is 5.56 Å². The third-order valence-corrected chi connectivity index (χ3v) is 3.74. The largest absolute Gasteiger partial charge is 0.398 e.